The van der Waals surface area contributed by atoms with Crippen LogP contribution in [0.15, 0.2) is 16.9 Å². The van der Waals surface area contributed by atoms with Gasteiger partial charge in [0, 0.05) is 26.0 Å². The third-order valence-electron chi connectivity index (χ3n) is 1.97. The summed E-state index contributed by atoms with van der Waals surface area (Å²) in [4.78, 5) is 0. The molecule has 0 atom stereocenters. The predicted molar refractivity (Wildman–Crippen MR) is 63.9 cm³/mol. The van der Waals surface area contributed by atoms with Gasteiger partial charge in [-0.05, 0) is 35.8 Å². The molecule has 86 valence electrons. The molecule has 0 aliphatic rings. The molecule has 0 aliphatic heterocycles. The number of aromatic nitrogens is 2. The van der Waals surface area contributed by atoms with Crippen LogP contribution >= 0.6 is 15.9 Å². The van der Waals surface area contributed by atoms with Crippen LogP contribution in [-0.2, 0) is 11.3 Å². The van der Waals surface area contributed by atoms with Crippen molar-refractivity contribution in [1.82, 2.24) is 15.1 Å². The van der Waals surface area contributed by atoms with E-state index in [0.29, 0.717) is 0 Å². The first-order valence-corrected chi connectivity index (χ1v) is 6.08. The van der Waals surface area contributed by atoms with E-state index >= 15 is 0 Å². The van der Waals surface area contributed by atoms with E-state index in [1.807, 2.05) is 17.8 Å². The maximum absolute atomic E-state index is 5.24. The lowest BCUT2D eigenvalue weighted by Crippen LogP contribution is -2.22. The van der Waals surface area contributed by atoms with Crippen molar-refractivity contribution in [3.05, 3.63) is 16.9 Å². The first kappa shape index (κ1) is 12.7. The highest BCUT2D eigenvalue weighted by Crippen LogP contribution is 2.05. The second-order valence-corrected chi connectivity index (χ2v) is 4.14. The molecule has 0 spiro atoms. The Kier molecular flexibility index (Phi) is 6.63. The van der Waals surface area contributed by atoms with E-state index in [1.165, 1.54) is 0 Å². The molecule has 1 heterocycles. The van der Waals surface area contributed by atoms with Crippen LogP contribution in [0.1, 0.15) is 13.3 Å². The van der Waals surface area contributed by atoms with Crippen LogP contribution in [-0.4, -0.2) is 36.1 Å². The van der Waals surface area contributed by atoms with Crippen LogP contribution in [0.25, 0.3) is 0 Å². The number of ether oxygens (including phenoxy) is 1. The lowest BCUT2D eigenvalue weighted by atomic mass is 10.4. The molecule has 1 rings (SSSR count). The van der Waals surface area contributed by atoms with Crippen LogP contribution in [0.5, 0.6) is 0 Å². The minimum Gasteiger partial charge on any atom is -0.382 e. The molecule has 0 amide bonds. The second-order valence-electron chi connectivity index (χ2n) is 3.22. The lowest BCUT2D eigenvalue weighted by Gasteiger charge is -2.04. The van der Waals surface area contributed by atoms with E-state index in [-0.39, 0.29) is 0 Å². The monoisotopic (exact) mass is 275 g/mol. The Morgan fingerprint density at radius 3 is 3.07 bits per heavy atom. The smallest absolute Gasteiger partial charge is 0.0632 e. The molecule has 1 aromatic rings. The number of hydrogen-bond acceptors (Lipinski definition) is 3. The largest absolute Gasteiger partial charge is 0.382 e. The van der Waals surface area contributed by atoms with Crippen LogP contribution in [0.3, 0.4) is 0 Å². The molecule has 0 saturated carbocycles. The zero-order valence-corrected chi connectivity index (χ0v) is 10.7. The summed E-state index contributed by atoms with van der Waals surface area (Å²) in [5.74, 6) is 0. The van der Waals surface area contributed by atoms with Gasteiger partial charge in [-0.15, -0.1) is 0 Å². The fourth-order valence-electron chi connectivity index (χ4n) is 1.22. The van der Waals surface area contributed by atoms with Gasteiger partial charge in [0.1, 0.15) is 0 Å². The molecule has 1 aromatic heterocycles. The van der Waals surface area contributed by atoms with Gasteiger partial charge in [-0.1, -0.05) is 0 Å². The van der Waals surface area contributed by atoms with E-state index in [1.54, 1.807) is 6.20 Å². The molecule has 0 unspecified atom stereocenters. The number of halogens is 1. The molecule has 4 nitrogen and oxygen atoms in total. The summed E-state index contributed by atoms with van der Waals surface area (Å²) in [6, 6.07) is 0. The van der Waals surface area contributed by atoms with Gasteiger partial charge < -0.3 is 10.1 Å². The van der Waals surface area contributed by atoms with E-state index in [4.69, 9.17) is 4.74 Å². The van der Waals surface area contributed by atoms with Crippen LogP contribution in [0.4, 0.5) is 0 Å². The van der Waals surface area contributed by atoms with Gasteiger partial charge >= 0.3 is 0 Å². The highest BCUT2D eigenvalue weighted by molar-refractivity contribution is 9.10. The first-order chi connectivity index (χ1) is 7.33. The molecule has 0 aromatic carbocycles. The SMILES string of the molecule is CCOCCCNCCn1cc(Br)cn1. The number of nitrogens with one attached hydrogen (secondary N) is 1. The van der Waals surface area contributed by atoms with Crippen LogP contribution < -0.4 is 5.32 Å². The van der Waals surface area contributed by atoms with Gasteiger partial charge in [-0.2, -0.15) is 5.10 Å². The molecule has 1 N–H and O–H groups in total. The fraction of sp³-hybridized carbons (Fsp3) is 0.700. The summed E-state index contributed by atoms with van der Waals surface area (Å²) >= 11 is 3.36. The molecule has 0 saturated heterocycles. The summed E-state index contributed by atoms with van der Waals surface area (Å²) in [6.07, 6.45) is 4.84. The van der Waals surface area contributed by atoms with Crippen molar-refractivity contribution in [2.75, 3.05) is 26.3 Å². The Morgan fingerprint density at radius 2 is 2.40 bits per heavy atom. The molecule has 0 aliphatic carbocycles. The van der Waals surface area contributed by atoms with Crippen molar-refractivity contribution < 1.29 is 4.74 Å². The number of nitrogens with zero attached hydrogens (tertiary/aromatic N) is 2. The maximum Gasteiger partial charge on any atom is 0.0632 e. The third kappa shape index (κ3) is 5.92. The zero-order valence-electron chi connectivity index (χ0n) is 9.08. The zero-order chi connectivity index (χ0) is 10.9. The Morgan fingerprint density at radius 1 is 1.53 bits per heavy atom. The Labute approximate surface area is 99.1 Å². The molecule has 0 fully saturated rings. The molecular formula is C10H18BrN3O. The Balaban J connectivity index is 1.93. The fourth-order valence-corrected chi connectivity index (χ4v) is 1.55. The highest BCUT2D eigenvalue weighted by Gasteiger charge is 1.94. The highest BCUT2D eigenvalue weighted by atomic mass is 79.9. The molecule has 0 radical (unpaired) electrons. The van der Waals surface area contributed by atoms with Crippen molar-refractivity contribution in [2.24, 2.45) is 0 Å². The summed E-state index contributed by atoms with van der Waals surface area (Å²) in [5, 5.41) is 7.51. The van der Waals surface area contributed by atoms with E-state index in [9.17, 15) is 0 Å². The van der Waals surface area contributed by atoms with Gasteiger partial charge in [0.25, 0.3) is 0 Å². The van der Waals surface area contributed by atoms with E-state index in [0.717, 1.165) is 43.7 Å². The molecule has 15 heavy (non-hydrogen) atoms. The van der Waals surface area contributed by atoms with Crippen molar-refractivity contribution in [1.29, 1.82) is 0 Å². The summed E-state index contributed by atoms with van der Waals surface area (Å²) in [7, 11) is 0. The van der Waals surface area contributed by atoms with Crippen molar-refractivity contribution in [3.63, 3.8) is 0 Å². The molecular weight excluding hydrogens is 258 g/mol. The summed E-state index contributed by atoms with van der Waals surface area (Å²) in [6.45, 7) is 6.52. The minimum absolute atomic E-state index is 0.807. The normalized spacial score (nSPS) is 10.8. The van der Waals surface area contributed by atoms with Gasteiger partial charge in [0.15, 0.2) is 0 Å². The molecule has 0 bridgehead atoms. The summed E-state index contributed by atoms with van der Waals surface area (Å²) < 4.78 is 8.18. The van der Waals surface area contributed by atoms with E-state index in [2.05, 4.69) is 26.3 Å². The second kappa shape index (κ2) is 7.84. The number of hydrogen-bond donors (Lipinski definition) is 1. The van der Waals surface area contributed by atoms with Gasteiger partial charge in [0.05, 0.1) is 17.2 Å². The summed E-state index contributed by atoms with van der Waals surface area (Å²) in [5.41, 5.74) is 0. The van der Waals surface area contributed by atoms with E-state index < -0.39 is 0 Å². The van der Waals surface area contributed by atoms with Crippen molar-refractivity contribution >= 4 is 15.9 Å². The maximum atomic E-state index is 5.24. The van der Waals surface area contributed by atoms with Gasteiger partial charge in [0.2, 0.25) is 0 Å². The first-order valence-electron chi connectivity index (χ1n) is 5.29. The Hall–Kier alpha value is -0.390. The Bertz CT molecular complexity index is 265. The average molecular weight is 276 g/mol. The standard InChI is InChI=1S/C10H18BrN3O/c1-2-15-7-3-4-12-5-6-14-9-10(11)8-13-14/h8-9,12H,2-7H2,1H3. The lowest BCUT2D eigenvalue weighted by molar-refractivity contribution is 0.144. The van der Waals surface area contributed by atoms with Crippen LogP contribution in [0.2, 0.25) is 0 Å². The van der Waals surface area contributed by atoms with Crippen molar-refractivity contribution in [2.45, 2.75) is 19.9 Å². The van der Waals surface area contributed by atoms with Gasteiger partial charge in [-0.3, -0.25) is 4.68 Å². The van der Waals surface area contributed by atoms with Crippen molar-refractivity contribution in [3.8, 4) is 0 Å². The van der Waals surface area contributed by atoms with Gasteiger partial charge in [-0.25, -0.2) is 0 Å². The number of rotatable bonds is 8. The third-order valence-corrected chi connectivity index (χ3v) is 2.38. The predicted octanol–water partition coefficient (Wildman–Crippen LogP) is 1.66. The topological polar surface area (TPSA) is 39.1 Å². The molecule has 5 heteroatoms. The average Bonchev–Trinajstić information content (AvgIpc) is 2.63. The quantitative estimate of drug-likeness (QED) is 0.734. The minimum atomic E-state index is 0.807. The van der Waals surface area contributed by atoms with Crippen LogP contribution in [0, 0.1) is 0 Å².